The normalized spacial score (nSPS) is 11.4. The molecule has 1 atom stereocenters. The van der Waals surface area contributed by atoms with Gasteiger partial charge in [0, 0.05) is 18.7 Å². The number of hydrogen-bond acceptors (Lipinski definition) is 4. The number of halogens is 1. The zero-order valence-corrected chi connectivity index (χ0v) is 19.4. The minimum absolute atomic E-state index is 0.235. The lowest BCUT2D eigenvalue weighted by Gasteiger charge is -2.29. The molecule has 0 saturated carbocycles. The van der Waals surface area contributed by atoms with E-state index in [1.54, 1.807) is 38.3 Å². The number of benzene rings is 3. The second-order valence-electron chi connectivity index (χ2n) is 7.43. The molecule has 6 nitrogen and oxygen atoms in total. The van der Waals surface area contributed by atoms with Gasteiger partial charge in [-0.3, -0.25) is 9.59 Å². The maximum atomic E-state index is 13.1. The maximum absolute atomic E-state index is 13.1. The monoisotopic (exact) mass is 466 g/mol. The summed E-state index contributed by atoms with van der Waals surface area (Å²) in [6.45, 7) is 2.03. The fourth-order valence-corrected chi connectivity index (χ4v) is 3.52. The van der Waals surface area contributed by atoms with E-state index in [0.29, 0.717) is 16.5 Å². The lowest BCUT2D eigenvalue weighted by atomic mass is 10.1. The lowest BCUT2D eigenvalue weighted by molar-refractivity contribution is -0.142. The number of nitrogens with zero attached hydrogens (tertiary/aromatic N) is 1. The first-order valence-corrected chi connectivity index (χ1v) is 11.0. The number of hydrogen-bond donors (Lipinski definition) is 1. The summed E-state index contributed by atoms with van der Waals surface area (Å²) >= 11 is 6.13. The van der Waals surface area contributed by atoms with Crippen molar-refractivity contribution in [2.45, 2.75) is 26.1 Å². The van der Waals surface area contributed by atoms with Crippen LogP contribution >= 0.6 is 11.6 Å². The van der Waals surface area contributed by atoms with Crippen LogP contribution in [0.25, 0.3) is 0 Å². The van der Waals surface area contributed by atoms with Gasteiger partial charge in [0.15, 0.2) is 6.61 Å². The summed E-state index contributed by atoms with van der Waals surface area (Å²) in [5, 5.41) is 3.32. The van der Waals surface area contributed by atoms with Gasteiger partial charge in [0.05, 0.1) is 12.1 Å². The Labute approximate surface area is 199 Å². The number of para-hydroxylation sites is 2. The molecular formula is C26H27ClN2O4. The molecule has 0 aliphatic rings. The Balaban J connectivity index is 1.71. The summed E-state index contributed by atoms with van der Waals surface area (Å²) in [4.78, 5) is 27.6. The van der Waals surface area contributed by atoms with Crippen molar-refractivity contribution in [2.75, 3.05) is 13.7 Å². The van der Waals surface area contributed by atoms with Crippen LogP contribution in [0.5, 0.6) is 11.5 Å². The molecule has 0 radical (unpaired) electrons. The zero-order valence-electron chi connectivity index (χ0n) is 18.7. The van der Waals surface area contributed by atoms with Gasteiger partial charge in [-0.15, -0.1) is 0 Å². The Hall–Kier alpha value is -3.51. The molecule has 1 N–H and O–H groups in total. The first kappa shape index (κ1) is 24.1. The van der Waals surface area contributed by atoms with Gasteiger partial charge in [-0.2, -0.15) is 0 Å². The second kappa shape index (κ2) is 11.9. The van der Waals surface area contributed by atoms with Gasteiger partial charge in [-0.05, 0) is 30.7 Å². The minimum atomic E-state index is -0.720. The van der Waals surface area contributed by atoms with Crippen LogP contribution in [0, 0.1) is 0 Å². The van der Waals surface area contributed by atoms with Crippen molar-refractivity contribution >= 4 is 23.4 Å². The van der Waals surface area contributed by atoms with Crippen LogP contribution in [0.4, 0.5) is 0 Å². The van der Waals surface area contributed by atoms with Gasteiger partial charge in [0.1, 0.15) is 17.5 Å². The standard InChI is InChI=1S/C26H27ClN2O4/c1-19(26(31)28-16-21-12-6-8-14-23(21)32-2)29(17-20-10-4-3-5-11-20)25(30)18-33-24-15-9-7-13-22(24)27/h3-15,19H,16-18H2,1-2H3,(H,28,31). The van der Waals surface area contributed by atoms with E-state index < -0.39 is 6.04 Å². The van der Waals surface area contributed by atoms with E-state index in [4.69, 9.17) is 21.1 Å². The van der Waals surface area contributed by atoms with Gasteiger partial charge in [0.2, 0.25) is 5.91 Å². The second-order valence-corrected chi connectivity index (χ2v) is 7.84. The quantitative estimate of drug-likeness (QED) is 0.479. The molecule has 2 amide bonds. The van der Waals surface area contributed by atoms with Crippen molar-refractivity contribution in [3.63, 3.8) is 0 Å². The van der Waals surface area contributed by atoms with E-state index in [-0.39, 0.29) is 31.5 Å². The number of nitrogens with one attached hydrogen (secondary N) is 1. The molecule has 0 aromatic heterocycles. The number of amides is 2. The van der Waals surface area contributed by atoms with Crippen molar-refractivity contribution in [1.29, 1.82) is 0 Å². The Morgan fingerprint density at radius 2 is 1.58 bits per heavy atom. The first-order chi connectivity index (χ1) is 16.0. The van der Waals surface area contributed by atoms with E-state index >= 15 is 0 Å². The molecule has 0 aliphatic heterocycles. The van der Waals surface area contributed by atoms with E-state index in [1.165, 1.54) is 4.90 Å². The van der Waals surface area contributed by atoms with Crippen LogP contribution in [0.1, 0.15) is 18.1 Å². The molecule has 3 rings (SSSR count). The highest BCUT2D eigenvalue weighted by atomic mass is 35.5. The van der Waals surface area contributed by atoms with E-state index in [2.05, 4.69) is 5.32 Å². The van der Waals surface area contributed by atoms with Gasteiger partial charge < -0.3 is 19.7 Å². The molecule has 172 valence electrons. The molecular weight excluding hydrogens is 440 g/mol. The number of carbonyl (C=O) groups excluding carboxylic acids is 2. The van der Waals surface area contributed by atoms with Crippen molar-refractivity contribution in [1.82, 2.24) is 10.2 Å². The number of carbonyl (C=O) groups is 2. The molecule has 0 bridgehead atoms. The number of rotatable bonds is 10. The Bertz CT molecular complexity index is 1070. The van der Waals surface area contributed by atoms with Crippen molar-refractivity contribution in [2.24, 2.45) is 0 Å². The van der Waals surface area contributed by atoms with Crippen LogP contribution in [0.15, 0.2) is 78.9 Å². The van der Waals surface area contributed by atoms with Crippen molar-refractivity contribution in [3.05, 3.63) is 95.0 Å². The third-order valence-electron chi connectivity index (χ3n) is 5.20. The molecule has 3 aromatic carbocycles. The van der Waals surface area contributed by atoms with Crippen LogP contribution in [0.2, 0.25) is 5.02 Å². The molecule has 7 heteroatoms. The zero-order chi connectivity index (χ0) is 23.6. The maximum Gasteiger partial charge on any atom is 0.261 e. The van der Waals surface area contributed by atoms with Crippen LogP contribution in [-0.4, -0.2) is 36.5 Å². The van der Waals surface area contributed by atoms with E-state index in [0.717, 1.165) is 11.1 Å². The van der Waals surface area contributed by atoms with Gasteiger partial charge in [-0.1, -0.05) is 72.3 Å². The Kier molecular flexibility index (Phi) is 8.72. The largest absolute Gasteiger partial charge is 0.496 e. The predicted octanol–water partition coefficient (Wildman–Crippen LogP) is 4.46. The highest BCUT2D eigenvalue weighted by Crippen LogP contribution is 2.23. The molecule has 3 aromatic rings. The van der Waals surface area contributed by atoms with Crippen LogP contribution in [0.3, 0.4) is 0 Å². The van der Waals surface area contributed by atoms with Crippen molar-refractivity contribution in [3.8, 4) is 11.5 Å². The number of methoxy groups -OCH3 is 1. The SMILES string of the molecule is COc1ccccc1CNC(=O)C(C)N(Cc1ccccc1)C(=O)COc1ccccc1Cl. The molecule has 0 heterocycles. The summed E-state index contributed by atoms with van der Waals surface area (Å²) in [6, 6.07) is 23.2. The predicted molar refractivity (Wildman–Crippen MR) is 128 cm³/mol. The molecule has 0 spiro atoms. The van der Waals surface area contributed by atoms with E-state index in [1.807, 2.05) is 54.6 Å². The van der Waals surface area contributed by atoms with E-state index in [9.17, 15) is 9.59 Å². The summed E-state index contributed by atoms with van der Waals surface area (Å²) in [7, 11) is 1.59. The smallest absolute Gasteiger partial charge is 0.261 e. The summed E-state index contributed by atoms with van der Waals surface area (Å²) < 4.78 is 11.0. The topological polar surface area (TPSA) is 67.9 Å². The fraction of sp³-hybridized carbons (Fsp3) is 0.231. The molecule has 1 unspecified atom stereocenters. The molecule has 0 saturated heterocycles. The fourth-order valence-electron chi connectivity index (χ4n) is 3.33. The van der Waals surface area contributed by atoms with Crippen molar-refractivity contribution < 1.29 is 19.1 Å². The summed E-state index contributed by atoms with van der Waals surface area (Å²) in [5.41, 5.74) is 1.76. The number of ether oxygens (including phenoxy) is 2. The lowest BCUT2D eigenvalue weighted by Crippen LogP contribution is -2.48. The average Bonchev–Trinajstić information content (AvgIpc) is 2.85. The Morgan fingerprint density at radius 3 is 2.27 bits per heavy atom. The average molecular weight is 467 g/mol. The highest BCUT2D eigenvalue weighted by molar-refractivity contribution is 6.32. The summed E-state index contributed by atoms with van der Waals surface area (Å²) in [5.74, 6) is 0.512. The van der Waals surface area contributed by atoms with Crippen LogP contribution < -0.4 is 14.8 Å². The summed E-state index contributed by atoms with van der Waals surface area (Å²) in [6.07, 6.45) is 0. The highest BCUT2D eigenvalue weighted by Gasteiger charge is 2.26. The third-order valence-corrected chi connectivity index (χ3v) is 5.51. The first-order valence-electron chi connectivity index (χ1n) is 10.6. The third kappa shape index (κ3) is 6.73. The molecule has 33 heavy (non-hydrogen) atoms. The minimum Gasteiger partial charge on any atom is -0.496 e. The molecule has 0 aliphatic carbocycles. The van der Waals surface area contributed by atoms with Gasteiger partial charge >= 0.3 is 0 Å². The van der Waals surface area contributed by atoms with Gasteiger partial charge in [-0.25, -0.2) is 0 Å². The van der Waals surface area contributed by atoms with Crippen LogP contribution in [-0.2, 0) is 22.7 Å². The molecule has 0 fully saturated rings. The van der Waals surface area contributed by atoms with Gasteiger partial charge in [0.25, 0.3) is 5.91 Å². The Morgan fingerprint density at radius 1 is 0.939 bits per heavy atom.